The highest BCUT2D eigenvalue weighted by molar-refractivity contribution is 4.85. The number of nitrogens with zero attached hydrogens (tertiary/aromatic N) is 3. The van der Waals surface area contributed by atoms with Gasteiger partial charge in [0.25, 0.3) is 0 Å². The highest BCUT2D eigenvalue weighted by Gasteiger charge is 2.30. The number of ether oxygens (including phenoxy) is 1. The molecule has 0 unspecified atom stereocenters. The molecule has 134 valence electrons. The molecule has 4 heteroatoms. The second-order valence-corrected chi connectivity index (χ2v) is 8.33. The van der Waals surface area contributed by atoms with Gasteiger partial charge in [0.1, 0.15) is 0 Å². The molecule has 0 spiro atoms. The molecule has 0 aromatic heterocycles. The Morgan fingerprint density at radius 3 is 2.22 bits per heavy atom. The van der Waals surface area contributed by atoms with Gasteiger partial charge in [-0.25, -0.2) is 0 Å². The lowest BCUT2D eigenvalue weighted by molar-refractivity contribution is -0.0723. The Hall–Kier alpha value is -0.160. The van der Waals surface area contributed by atoms with Gasteiger partial charge >= 0.3 is 0 Å². The predicted molar refractivity (Wildman–Crippen MR) is 95.9 cm³/mol. The van der Waals surface area contributed by atoms with Gasteiger partial charge in [-0.2, -0.15) is 0 Å². The molecule has 0 amide bonds. The van der Waals surface area contributed by atoms with E-state index in [0.29, 0.717) is 12.2 Å². The molecular weight excluding hydrogens is 286 g/mol. The van der Waals surface area contributed by atoms with Gasteiger partial charge in [-0.15, -0.1) is 0 Å². The number of morpholine rings is 1. The van der Waals surface area contributed by atoms with Crippen LogP contribution in [0.15, 0.2) is 0 Å². The van der Waals surface area contributed by atoms with Crippen molar-refractivity contribution in [2.75, 3.05) is 52.4 Å². The summed E-state index contributed by atoms with van der Waals surface area (Å²) in [6.07, 6.45) is 6.35. The summed E-state index contributed by atoms with van der Waals surface area (Å²) in [5.41, 5.74) is 0. The van der Waals surface area contributed by atoms with Crippen LogP contribution in [0.1, 0.15) is 46.5 Å². The summed E-state index contributed by atoms with van der Waals surface area (Å²) in [6, 6.07) is 0.774. The standard InChI is InChI=1S/C19H37N3O/c1-16-6-9-20(10-7-16)11-12-22-8-4-5-19(22)15-21-13-17(2)23-18(3)14-21/h16-19H,4-15H2,1-3H3/t17-,18+,19-/m0/s1. The summed E-state index contributed by atoms with van der Waals surface area (Å²) in [4.78, 5) is 8.10. The average Bonchev–Trinajstić information content (AvgIpc) is 2.93. The van der Waals surface area contributed by atoms with Crippen LogP contribution in [-0.2, 0) is 4.74 Å². The fraction of sp³-hybridized carbons (Fsp3) is 1.00. The van der Waals surface area contributed by atoms with Crippen molar-refractivity contribution in [3.63, 3.8) is 0 Å². The maximum absolute atomic E-state index is 5.88. The van der Waals surface area contributed by atoms with Crippen LogP contribution >= 0.6 is 0 Å². The SMILES string of the molecule is CC1CCN(CCN2CCC[C@H]2CN2C[C@@H](C)O[C@@H](C)C2)CC1. The van der Waals surface area contributed by atoms with Gasteiger partial charge in [-0.1, -0.05) is 6.92 Å². The number of hydrogen-bond acceptors (Lipinski definition) is 4. The summed E-state index contributed by atoms with van der Waals surface area (Å²) in [5, 5.41) is 0. The van der Waals surface area contributed by atoms with Crippen LogP contribution in [-0.4, -0.2) is 85.3 Å². The van der Waals surface area contributed by atoms with E-state index in [1.54, 1.807) is 0 Å². The van der Waals surface area contributed by atoms with Crippen molar-refractivity contribution < 1.29 is 4.74 Å². The molecule has 3 saturated heterocycles. The minimum Gasteiger partial charge on any atom is -0.373 e. The summed E-state index contributed by atoms with van der Waals surface area (Å²) < 4.78 is 5.88. The van der Waals surface area contributed by atoms with Crippen molar-refractivity contribution in [1.29, 1.82) is 0 Å². The van der Waals surface area contributed by atoms with Crippen LogP contribution < -0.4 is 0 Å². The molecule has 3 atom stereocenters. The Balaban J connectivity index is 1.42. The Labute approximate surface area is 143 Å². The van der Waals surface area contributed by atoms with Gasteiger partial charge in [0.05, 0.1) is 12.2 Å². The van der Waals surface area contributed by atoms with Gasteiger partial charge in [0.2, 0.25) is 0 Å². The minimum absolute atomic E-state index is 0.393. The molecule has 0 aliphatic carbocycles. The molecular formula is C19H37N3O. The molecule has 3 aliphatic rings. The van der Waals surface area contributed by atoms with E-state index in [4.69, 9.17) is 4.74 Å². The Morgan fingerprint density at radius 2 is 1.52 bits per heavy atom. The van der Waals surface area contributed by atoms with Crippen molar-refractivity contribution in [2.24, 2.45) is 5.92 Å². The molecule has 3 fully saturated rings. The fourth-order valence-corrected chi connectivity index (χ4v) is 4.68. The lowest BCUT2D eigenvalue weighted by Gasteiger charge is -2.39. The van der Waals surface area contributed by atoms with E-state index in [0.717, 1.165) is 25.0 Å². The summed E-state index contributed by atoms with van der Waals surface area (Å²) in [5.74, 6) is 0.941. The third kappa shape index (κ3) is 5.15. The Morgan fingerprint density at radius 1 is 0.826 bits per heavy atom. The van der Waals surface area contributed by atoms with Crippen molar-refractivity contribution in [3.8, 4) is 0 Å². The first-order chi connectivity index (χ1) is 11.1. The van der Waals surface area contributed by atoms with Gasteiger partial charge in [0.15, 0.2) is 0 Å². The summed E-state index contributed by atoms with van der Waals surface area (Å²) >= 11 is 0. The van der Waals surface area contributed by atoms with Gasteiger partial charge < -0.3 is 9.64 Å². The van der Waals surface area contributed by atoms with Crippen LogP contribution in [0.3, 0.4) is 0 Å². The van der Waals surface area contributed by atoms with Crippen LogP contribution in [0.2, 0.25) is 0 Å². The lowest BCUT2D eigenvalue weighted by Crippen LogP contribution is -2.50. The third-order valence-corrected chi connectivity index (χ3v) is 6.04. The van der Waals surface area contributed by atoms with Crippen LogP contribution in [0, 0.1) is 5.92 Å². The molecule has 23 heavy (non-hydrogen) atoms. The second-order valence-electron chi connectivity index (χ2n) is 8.33. The largest absolute Gasteiger partial charge is 0.373 e. The molecule has 0 bridgehead atoms. The average molecular weight is 324 g/mol. The topological polar surface area (TPSA) is 19.0 Å². The van der Waals surface area contributed by atoms with Gasteiger partial charge in [-0.3, -0.25) is 9.80 Å². The van der Waals surface area contributed by atoms with Crippen molar-refractivity contribution >= 4 is 0 Å². The maximum atomic E-state index is 5.88. The first-order valence-electron chi connectivity index (χ1n) is 9.94. The predicted octanol–water partition coefficient (Wildman–Crippen LogP) is 2.29. The summed E-state index contributed by atoms with van der Waals surface area (Å²) in [6.45, 7) is 16.8. The molecule has 0 aromatic carbocycles. The smallest absolute Gasteiger partial charge is 0.0678 e. The first-order valence-corrected chi connectivity index (χ1v) is 9.94. The lowest BCUT2D eigenvalue weighted by atomic mass is 9.99. The molecule has 0 N–H and O–H groups in total. The number of rotatable bonds is 5. The molecule has 0 saturated carbocycles. The van der Waals surface area contributed by atoms with Crippen LogP contribution in [0.5, 0.6) is 0 Å². The summed E-state index contributed by atoms with van der Waals surface area (Å²) in [7, 11) is 0. The molecule has 3 aliphatic heterocycles. The third-order valence-electron chi connectivity index (χ3n) is 6.04. The molecule has 4 nitrogen and oxygen atoms in total. The van der Waals surface area contributed by atoms with E-state index in [-0.39, 0.29) is 0 Å². The zero-order valence-corrected chi connectivity index (χ0v) is 15.5. The normalized spacial score (nSPS) is 35.9. The van der Waals surface area contributed by atoms with Crippen LogP contribution in [0.4, 0.5) is 0 Å². The highest BCUT2D eigenvalue weighted by atomic mass is 16.5. The van der Waals surface area contributed by atoms with E-state index in [9.17, 15) is 0 Å². The molecule has 0 radical (unpaired) electrons. The van der Waals surface area contributed by atoms with E-state index >= 15 is 0 Å². The van der Waals surface area contributed by atoms with Crippen molar-refractivity contribution in [2.45, 2.75) is 64.7 Å². The second kappa shape index (κ2) is 8.28. The van der Waals surface area contributed by atoms with E-state index < -0.39 is 0 Å². The number of likely N-dealkylation sites (tertiary alicyclic amines) is 2. The number of hydrogen-bond donors (Lipinski definition) is 0. The highest BCUT2D eigenvalue weighted by Crippen LogP contribution is 2.21. The maximum Gasteiger partial charge on any atom is 0.0678 e. The molecule has 0 aromatic rings. The monoisotopic (exact) mass is 323 g/mol. The van der Waals surface area contributed by atoms with Crippen LogP contribution in [0.25, 0.3) is 0 Å². The number of piperidine rings is 1. The quantitative estimate of drug-likeness (QED) is 0.773. The minimum atomic E-state index is 0.393. The van der Waals surface area contributed by atoms with Crippen molar-refractivity contribution in [1.82, 2.24) is 14.7 Å². The van der Waals surface area contributed by atoms with E-state index in [1.165, 1.54) is 65.0 Å². The zero-order valence-electron chi connectivity index (χ0n) is 15.5. The van der Waals surface area contributed by atoms with E-state index in [2.05, 4.69) is 35.5 Å². The van der Waals surface area contributed by atoms with Gasteiger partial charge in [0, 0.05) is 38.8 Å². The fourth-order valence-electron chi connectivity index (χ4n) is 4.68. The zero-order chi connectivity index (χ0) is 16.2. The molecule has 3 heterocycles. The Bertz CT molecular complexity index is 347. The van der Waals surface area contributed by atoms with E-state index in [1.807, 2.05) is 0 Å². The van der Waals surface area contributed by atoms with Crippen molar-refractivity contribution in [3.05, 3.63) is 0 Å². The molecule has 3 rings (SSSR count). The first kappa shape index (κ1) is 17.7. The van der Waals surface area contributed by atoms with Gasteiger partial charge in [-0.05, 0) is 65.1 Å². The Kier molecular flexibility index (Phi) is 6.36.